The zero-order valence-corrected chi connectivity index (χ0v) is 16.4. The van der Waals surface area contributed by atoms with Crippen molar-refractivity contribution in [1.82, 2.24) is 14.5 Å². The van der Waals surface area contributed by atoms with Gasteiger partial charge in [-0.05, 0) is 31.5 Å². The highest BCUT2D eigenvalue weighted by Gasteiger charge is 2.21. The first-order valence-electron chi connectivity index (χ1n) is 9.22. The Hall–Kier alpha value is -3.32. The van der Waals surface area contributed by atoms with Crippen LogP contribution in [0.2, 0.25) is 0 Å². The summed E-state index contributed by atoms with van der Waals surface area (Å²) in [7, 11) is 0. The molecule has 7 nitrogen and oxygen atoms in total. The largest absolute Gasteiger partial charge is 0.512 e. The second kappa shape index (κ2) is 7.60. The van der Waals surface area contributed by atoms with Crippen LogP contribution in [-0.4, -0.2) is 24.7 Å². The summed E-state index contributed by atoms with van der Waals surface area (Å²) in [6, 6.07) is 6.63. The van der Waals surface area contributed by atoms with Gasteiger partial charge >= 0.3 is 0 Å². The van der Waals surface area contributed by atoms with Crippen LogP contribution in [0.1, 0.15) is 25.3 Å². The third-order valence-electron chi connectivity index (χ3n) is 4.80. The van der Waals surface area contributed by atoms with Crippen molar-refractivity contribution in [2.24, 2.45) is 0 Å². The Kier molecular flexibility index (Phi) is 4.98. The van der Waals surface area contributed by atoms with Gasteiger partial charge in [-0.1, -0.05) is 17.7 Å². The topological polar surface area (TPSA) is 100 Å². The maximum Gasteiger partial charge on any atom is 0.259 e. The van der Waals surface area contributed by atoms with E-state index in [4.69, 9.17) is 11.6 Å². The Morgan fingerprint density at radius 3 is 2.66 bits per heavy atom. The normalized spacial score (nSPS) is 14.2. The van der Waals surface area contributed by atoms with Crippen LogP contribution in [0.25, 0.3) is 16.5 Å². The zero-order valence-electron chi connectivity index (χ0n) is 15.7. The molecule has 0 unspecified atom stereocenters. The number of rotatable bonds is 4. The molecule has 4 rings (SSSR count). The van der Waals surface area contributed by atoms with Crippen molar-refractivity contribution in [3.63, 3.8) is 0 Å². The van der Waals surface area contributed by atoms with Crippen molar-refractivity contribution in [2.75, 3.05) is 5.32 Å². The van der Waals surface area contributed by atoms with Crippen LogP contribution in [0.5, 0.6) is 5.75 Å². The highest BCUT2D eigenvalue weighted by Crippen LogP contribution is 2.34. The number of hydrogen-bond acceptors (Lipinski definition) is 6. The molecule has 0 amide bonds. The maximum absolute atomic E-state index is 13.2. The van der Waals surface area contributed by atoms with Crippen LogP contribution < -0.4 is 10.9 Å². The molecule has 0 saturated heterocycles. The van der Waals surface area contributed by atoms with Gasteiger partial charge in [0.05, 0.1) is 17.3 Å². The number of nitrogens with zero attached hydrogens (tertiary/aromatic N) is 3. The summed E-state index contributed by atoms with van der Waals surface area (Å²) in [6.45, 7) is 2.33. The molecule has 8 heteroatoms. The average molecular weight is 411 g/mol. The zero-order chi connectivity index (χ0) is 20.5. The molecule has 0 fully saturated rings. The number of pyridine rings is 3. The summed E-state index contributed by atoms with van der Waals surface area (Å²) in [5, 5.41) is 23.9. The van der Waals surface area contributed by atoms with Crippen LogP contribution in [-0.2, 0) is 6.54 Å². The van der Waals surface area contributed by atoms with Gasteiger partial charge < -0.3 is 20.1 Å². The van der Waals surface area contributed by atoms with E-state index in [1.54, 1.807) is 29.0 Å². The molecular weight excluding hydrogens is 392 g/mol. The molecule has 3 N–H and O–H groups in total. The van der Waals surface area contributed by atoms with Crippen LogP contribution in [0.4, 0.5) is 11.6 Å². The molecule has 1 aliphatic carbocycles. The van der Waals surface area contributed by atoms with Gasteiger partial charge in [-0.25, -0.2) is 9.97 Å². The van der Waals surface area contributed by atoms with Crippen LogP contribution in [0, 0.1) is 0 Å². The maximum atomic E-state index is 13.2. The summed E-state index contributed by atoms with van der Waals surface area (Å²) >= 11 is 6.30. The van der Waals surface area contributed by atoms with E-state index < -0.39 is 0 Å². The van der Waals surface area contributed by atoms with Gasteiger partial charge in [0.2, 0.25) is 0 Å². The van der Waals surface area contributed by atoms with Gasteiger partial charge in [0.1, 0.15) is 23.1 Å². The Bertz CT molecular complexity index is 1210. The first kappa shape index (κ1) is 19.0. The number of nitrogens with one attached hydrogen (secondary N) is 1. The number of aryl methyl sites for hydroxylation is 1. The standard InChI is InChI=1S/C21H19ClN4O3/c1-2-26-16-9-19(25-18-7-6-13(27)11-24-18)23-10-12(16)8-14(21(26)29)20-15(22)4-3-5-17(20)28/h4,6-11,27-28H,2-3,5H2,1H3,(H,23,24,25). The number of halogens is 1. The second-order valence-electron chi connectivity index (χ2n) is 6.67. The fourth-order valence-electron chi connectivity index (χ4n) is 3.41. The summed E-state index contributed by atoms with van der Waals surface area (Å²) in [6.07, 6.45) is 5.90. The van der Waals surface area contributed by atoms with Gasteiger partial charge in [0.25, 0.3) is 5.56 Å². The minimum Gasteiger partial charge on any atom is -0.512 e. The number of hydrogen-bond donors (Lipinski definition) is 3. The van der Waals surface area contributed by atoms with E-state index in [0.717, 1.165) is 5.39 Å². The molecule has 3 aromatic rings. The molecule has 3 heterocycles. The van der Waals surface area contributed by atoms with Gasteiger partial charge in [0.15, 0.2) is 0 Å². The van der Waals surface area contributed by atoms with Crippen molar-refractivity contribution < 1.29 is 10.2 Å². The summed E-state index contributed by atoms with van der Waals surface area (Å²) in [5.41, 5.74) is 1.23. The number of fused-ring (bicyclic) bond motifs is 1. The molecule has 29 heavy (non-hydrogen) atoms. The summed E-state index contributed by atoms with van der Waals surface area (Å²) < 4.78 is 1.63. The minimum absolute atomic E-state index is 0.0716. The molecule has 1 aliphatic rings. The third-order valence-corrected chi connectivity index (χ3v) is 5.14. The van der Waals surface area contributed by atoms with E-state index >= 15 is 0 Å². The predicted molar refractivity (Wildman–Crippen MR) is 114 cm³/mol. The van der Waals surface area contributed by atoms with Crippen molar-refractivity contribution in [1.29, 1.82) is 0 Å². The quantitative estimate of drug-likeness (QED) is 0.587. The van der Waals surface area contributed by atoms with E-state index in [9.17, 15) is 15.0 Å². The molecule has 0 aromatic carbocycles. The third kappa shape index (κ3) is 3.56. The Morgan fingerprint density at radius 2 is 1.97 bits per heavy atom. The molecule has 0 atom stereocenters. The van der Waals surface area contributed by atoms with E-state index in [2.05, 4.69) is 15.3 Å². The van der Waals surface area contributed by atoms with Gasteiger partial charge in [-0.3, -0.25) is 4.79 Å². The fourth-order valence-corrected chi connectivity index (χ4v) is 3.73. The van der Waals surface area contributed by atoms with Gasteiger partial charge in [0, 0.05) is 41.2 Å². The predicted octanol–water partition coefficient (Wildman–Crippen LogP) is 4.45. The van der Waals surface area contributed by atoms with Crippen molar-refractivity contribution in [3.8, 4) is 5.75 Å². The SMILES string of the molecule is CCn1c(=O)c(C2=C(O)CCC=C2Cl)cc2cnc(Nc3ccc(O)cn3)cc21. The summed E-state index contributed by atoms with van der Waals surface area (Å²) in [4.78, 5) is 21.6. The monoisotopic (exact) mass is 410 g/mol. The number of aromatic hydroxyl groups is 1. The van der Waals surface area contributed by atoms with E-state index in [-0.39, 0.29) is 17.1 Å². The second-order valence-corrected chi connectivity index (χ2v) is 7.08. The molecule has 0 bridgehead atoms. The Morgan fingerprint density at radius 1 is 1.17 bits per heavy atom. The molecule has 3 aromatic heterocycles. The average Bonchev–Trinajstić information content (AvgIpc) is 2.70. The van der Waals surface area contributed by atoms with Crippen molar-refractivity contribution in [2.45, 2.75) is 26.3 Å². The number of aliphatic hydroxyl groups excluding tert-OH is 1. The Labute approximate surface area is 171 Å². The number of anilines is 2. The van der Waals surface area contributed by atoms with E-state index in [0.29, 0.717) is 52.7 Å². The highest BCUT2D eigenvalue weighted by atomic mass is 35.5. The first-order chi connectivity index (χ1) is 14.0. The van der Waals surface area contributed by atoms with Gasteiger partial charge in [-0.15, -0.1) is 0 Å². The van der Waals surface area contributed by atoms with Crippen molar-refractivity contribution >= 4 is 39.7 Å². The lowest BCUT2D eigenvalue weighted by atomic mass is 9.97. The molecule has 0 aliphatic heterocycles. The highest BCUT2D eigenvalue weighted by molar-refractivity contribution is 6.37. The Balaban J connectivity index is 1.83. The van der Waals surface area contributed by atoms with Crippen LogP contribution in [0.15, 0.2) is 58.3 Å². The lowest BCUT2D eigenvalue weighted by Gasteiger charge is -2.17. The molecule has 148 valence electrons. The molecule has 0 saturated carbocycles. The smallest absolute Gasteiger partial charge is 0.259 e. The van der Waals surface area contributed by atoms with Crippen LogP contribution in [0.3, 0.4) is 0 Å². The summed E-state index contributed by atoms with van der Waals surface area (Å²) in [5.74, 6) is 1.23. The van der Waals surface area contributed by atoms with E-state index in [1.165, 1.54) is 12.3 Å². The molecular formula is C21H19ClN4O3. The van der Waals surface area contributed by atoms with Crippen molar-refractivity contribution in [3.05, 3.63) is 69.4 Å². The number of allylic oxidation sites excluding steroid dienone is 4. The lowest BCUT2D eigenvalue weighted by molar-refractivity contribution is 0.391. The van der Waals surface area contributed by atoms with Crippen LogP contribution >= 0.6 is 11.6 Å². The number of aromatic nitrogens is 3. The molecule has 0 radical (unpaired) electrons. The molecule has 0 spiro atoms. The van der Waals surface area contributed by atoms with E-state index in [1.807, 2.05) is 13.0 Å². The first-order valence-corrected chi connectivity index (χ1v) is 9.60. The van der Waals surface area contributed by atoms with Gasteiger partial charge in [-0.2, -0.15) is 0 Å². The fraction of sp³-hybridized carbons (Fsp3) is 0.190. The number of aliphatic hydroxyl groups is 1. The lowest BCUT2D eigenvalue weighted by Crippen LogP contribution is -2.24. The minimum atomic E-state index is -0.227.